The molecule has 0 saturated carbocycles. The van der Waals surface area contributed by atoms with E-state index in [1.807, 2.05) is 54.3 Å². The molecule has 0 spiro atoms. The number of thioether (sulfide) groups is 1. The minimum absolute atomic E-state index is 0.0887. The molecule has 1 unspecified atom stereocenters. The summed E-state index contributed by atoms with van der Waals surface area (Å²) in [5.41, 5.74) is 2.02. The van der Waals surface area contributed by atoms with Gasteiger partial charge in [0.1, 0.15) is 5.75 Å². The minimum atomic E-state index is 0.0887. The van der Waals surface area contributed by atoms with Gasteiger partial charge in [0.25, 0.3) is 5.22 Å². The lowest BCUT2D eigenvalue weighted by Gasteiger charge is -2.25. The summed E-state index contributed by atoms with van der Waals surface area (Å²) in [5.74, 6) is 1.69. The average molecular weight is 410 g/mol. The van der Waals surface area contributed by atoms with Gasteiger partial charge >= 0.3 is 0 Å². The van der Waals surface area contributed by atoms with E-state index in [-0.39, 0.29) is 17.7 Å². The zero-order valence-corrected chi connectivity index (χ0v) is 17.1. The summed E-state index contributed by atoms with van der Waals surface area (Å²) in [5, 5.41) is 8.54. The second-order valence-corrected chi connectivity index (χ2v) is 7.70. The number of aromatic nitrogens is 2. The summed E-state index contributed by atoms with van der Waals surface area (Å²) in [4.78, 5) is 14.8. The number of nitrogens with zero attached hydrogens (tertiary/aromatic N) is 3. The van der Waals surface area contributed by atoms with Crippen molar-refractivity contribution in [2.45, 2.75) is 31.0 Å². The predicted molar refractivity (Wildman–Crippen MR) is 112 cm³/mol. The Morgan fingerprint density at radius 3 is 2.72 bits per heavy atom. The van der Waals surface area contributed by atoms with E-state index >= 15 is 0 Å². The molecule has 7 heteroatoms. The first kappa shape index (κ1) is 19.5. The Kier molecular flexibility index (Phi) is 6.14. The van der Waals surface area contributed by atoms with Crippen LogP contribution < -0.4 is 4.74 Å². The monoisotopic (exact) mass is 409 g/mol. The zero-order chi connectivity index (χ0) is 20.1. The minimum Gasteiger partial charge on any atom is -0.494 e. The van der Waals surface area contributed by atoms with Gasteiger partial charge in [-0.2, -0.15) is 0 Å². The second kappa shape index (κ2) is 9.13. The fraction of sp³-hybridized carbons (Fsp3) is 0.318. The van der Waals surface area contributed by atoms with Crippen LogP contribution in [-0.4, -0.2) is 39.9 Å². The van der Waals surface area contributed by atoms with Crippen LogP contribution in [0.1, 0.15) is 31.4 Å². The number of carbonyl (C=O) groups is 1. The number of amides is 1. The predicted octanol–water partition coefficient (Wildman–Crippen LogP) is 4.59. The second-order valence-electron chi connectivity index (χ2n) is 6.78. The number of benzene rings is 2. The Bertz CT molecular complexity index is 943. The number of carbonyl (C=O) groups excluding carboxylic acids is 1. The number of likely N-dealkylation sites (tertiary alicyclic amines) is 1. The topological polar surface area (TPSA) is 68.5 Å². The third-order valence-electron chi connectivity index (χ3n) is 4.90. The summed E-state index contributed by atoms with van der Waals surface area (Å²) in [6.45, 7) is 3.39. The number of ether oxygens (including phenoxy) is 1. The molecule has 1 saturated heterocycles. The van der Waals surface area contributed by atoms with Gasteiger partial charge in [-0.15, -0.1) is 10.2 Å². The summed E-state index contributed by atoms with van der Waals surface area (Å²) in [6, 6.07) is 17.8. The first-order chi connectivity index (χ1) is 14.2. The van der Waals surface area contributed by atoms with Crippen molar-refractivity contribution in [3.63, 3.8) is 0 Å². The molecule has 1 fully saturated rings. The van der Waals surface area contributed by atoms with Crippen molar-refractivity contribution >= 4 is 17.7 Å². The molecular weight excluding hydrogens is 386 g/mol. The number of hydrogen-bond donors (Lipinski definition) is 0. The van der Waals surface area contributed by atoms with E-state index in [4.69, 9.17) is 9.15 Å². The third-order valence-corrected chi connectivity index (χ3v) is 5.70. The van der Waals surface area contributed by atoms with E-state index in [9.17, 15) is 4.79 Å². The molecule has 1 aliphatic heterocycles. The average Bonchev–Trinajstić information content (AvgIpc) is 3.43. The van der Waals surface area contributed by atoms with Gasteiger partial charge in [-0.3, -0.25) is 4.79 Å². The molecule has 0 N–H and O–H groups in total. The van der Waals surface area contributed by atoms with Gasteiger partial charge in [0.2, 0.25) is 11.8 Å². The summed E-state index contributed by atoms with van der Waals surface area (Å²) < 4.78 is 11.2. The van der Waals surface area contributed by atoms with Crippen molar-refractivity contribution in [1.29, 1.82) is 0 Å². The Hall–Kier alpha value is -2.80. The Morgan fingerprint density at radius 1 is 1.17 bits per heavy atom. The molecule has 2 heterocycles. The van der Waals surface area contributed by atoms with E-state index in [1.54, 1.807) is 0 Å². The van der Waals surface area contributed by atoms with Crippen molar-refractivity contribution < 1.29 is 13.9 Å². The molecule has 1 aromatic heterocycles. The molecule has 1 amide bonds. The zero-order valence-electron chi connectivity index (χ0n) is 16.3. The van der Waals surface area contributed by atoms with Gasteiger partial charge < -0.3 is 14.1 Å². The summed E-state index contributed by atoms with van der Waals surface area (Å²) in [7, 11) is 0. The van der Waals surface area contributed by atoms with Gasteiger partial charge in [-0.25, -0.2) is 0 Å². The Morgan fingerprint density at radius 2 is 1.97 bits per heavy atom. The maximum absolute atomic E-state index is 12.8. The van der Waals surface area contributed by atoms with Crippen LogP contribution in [0, 0.1) is 0 Å². The van der Waals surface area contributed by atoms with Gasteiger partial charge in [0.05, 0.1) is 18.4 Å². The quantitative estimate of drug-likeness (QED) is 0.532. The molecule has 29 heavy (non-hydrogen) atoms. The lowest BCUT2D eigenvalue weighted by atomic mass is 10.0. The first-order valence-corrected chi connectivity index (χ1v) is 10.8. The highest BCUT2D eigenvalue weighted by molar-refractivity contribution is 7.99. The molecule has 3 aromatic rings. The van der Waals surface area contributed by atoms with Crippen molar-refractivity contribution in [3.05, 3.63) is 60.2 Å². The van der Waals surface area contributed by atoms with Crippen LogP contribution in [0.3, 0.4) is 0 Å². The van der Waals surface area contributed by atoms with Crippen LogP contribution in [0.15, 0.2) is 64.2 Å². The molecule has 6 nitrogen and oxygen atoms in total. The van der Waals surface area contributed by atoms with Crippen LogP contribution in [0.2, 0.25) is 0 Å². The summed E-state index contributed by atoms with van der Waals surface area (Å²) >= 11 is 1.29. The largest absolute Gasteiger partial charge is 0.494 e. The lowest BCUT2D eigenvalue weighted by Crippen LogP contribution is -2.31. The number of rotatable bonds is 7. The Balaban J connectivity index is 1.37. The number of hydrogen-bond acceptors (Lipinski definition) is 6. The molecule has 0 radical (unpaired) electrons. The molecule has 0 bridgehead atoms. The standard InChI is InChI=1S/C22H23N3O3S/c1-2-27-18-12-10-16(11-13-18)19-9-6-14-25(19)20(26)15-29-22-24-23-21(28-22)17-7-4-3-5-8-17/h3-5,7-8,10-13,19H,2,6,9,14-15H2,1H3. The fourth-order valence-corrected chi connectivity index (χ4v) is 4.19. The van der Waals surface area contributed by atoms with Gasteiger partial charge in [0, 0.05) is 12.1 Å². The van der Waals surface area contributed by atoms with E-state index in [0.717, 1.165) is 36.3 Å². The van der Waals surface area contributed by atoms with Crippen molar-refractivity contribution in [1.82, 2.24) is 15.1 Å². The smallest absolute Gasteiger partial charge is 0.277 e. The Labute approximate surface area is 174 Å². The van der Waals surface area contributed by atoms with Gasteiger partial charge in [0.15, 0.2) is 0 Å². The molecule has 1 aliphatic rings. The maximum Gasteiger partial charge on any atom is 0.277 e. The highest BCUT2D eigenvalue weighted by atomic mass is 32.2. The van der Waals surface area contributed by atoms with Crippen LogP contribution in [-0.2, 0) is 4.79 Å². The van der Waals surface area contributed by atoms with Crippen LogP contribution in [0.5, 0.6) is 5.75 Å². The first-order valence-electron chi connectivity index (χ1n) is 9.78. The van der Waals surface area contributed by atoms with Gasteiger partial charge in [-0.05, 0) is 49.6 Å². The normalized spacial score (nSPS) is 16.2. The highest BCUT2D eigenvalue weighted by Crippen LogP contribution is 2.34. The lowest BCUT2D eigenvalue weighted by molar-refractivity contribution is -0.129. The summed E-state index contributed by atoms with van der Waals surface area (Å²) in [6.07, 6.45) is 1.98. The van der Waals surface area contributed by atoms with E-state index in [0.29, 0.717) is 17.7 Å². The maximum atomic E-state index is 12.8. The fourth-order valence-electron chi connectivity index (χ4n) is 3.54. The van der Waals surface area contributed by atoms with Crippen molar-refractivity contribution in [3.8, 4) is 17.2 Å². The van der Waals surface area contributed by atoms with Crippen LogP contribution in [0.4, 0.5) is 0 Å². The molecule has 2 aromatic carbocycles. The molecule has 150 valence electrons. The molecule has 4 rings (SSSR count). The van der Waals surface area contributed by atoms with Crippen molar-refractivity contribution in [2.24, 2.45) is 0 Å². The van der Waals surface area contributed by atoms with E-state index in [1.165, 1.54) is 11.8 Å². The van der Waals surface area contributed by atoms with Crippen LogP contribution >= 0.6 is 11.8 Å². The molecular formula is C22H23N3O3S. The SMILES string of the molecule is CCOc1ccc(C2CCCN2C(=O)CSc2nnc(-c3ccccc3)o2)cc1. The van der Waals surface area contributed by atoms with E-state index < -0.39 is 0 Å². The van der Waals surface area contributed by atoms with Crippen LogP contribution in [0.25, 0.3) is 11.5 Å². The van der Waals surface area contributed by atoms with Crippen molar-refractivity contribution in [2.75, 3.05) is 18.9 Å². The van der Waals surface area contributed by atoms with Gasteiger partial charge in [-0.1, -0.05) is 42.1 Å². The molecule has 0 aliphatic carbocycles. The molecule has 1 atom stereocenters. The van der Waals surface area contributed by atoms with E-state index in [2.05, 4.69) is 22.3 Å². The third kappa shape index (κ3) is 4.62. The highest BCUT2D eigenvalue weighted by Gasteiger charge is 2.30.